The summed E-state index contributed by atoms with van der Waals surface area (Å²) >= 11 is 11.9. The fourth-order valence-electron chi connectivity index (χ4n) is 2.96. The van der Waals surface area contributed by atoms with Gasteiger partial charge in [-0.2, -0.15) is 0 Å². The average molecular weight is 310 g/mol. The first-order valence-electron chi connectivity index (χ1n) is 6.47. The van der Waals surface area contributed by atoms with Crippen LogP contribution in [0.4, 0.5) is 5.69 Å². The fourth-order valence-corrected chi connectivity index (χ4v) is 3.47. The molecule has 0 radical (unpaired) electrons. The summed E-state index contributed by atoms with van der Waals surface area (Å²) in [5.74, 6) is -0.790. The van der Waals surface area contributed by atoms with Gasteiger partial charge in [0.2, 0.25) is 11.8 Å². The van der Waals surface area contributed by atoms with Gasteiger partial charge in [-0.1, -0.05) is 34.9 Å². The summed E-state index contributed by atoms with van der Waals surface area (Å²) < 4.78 is 0. The highest BCUT2D eigenvalue weighted by Crippen LogP contribution is 2.40. The molecule has 3 nitrogen and oxygen atoms in total. The molecule has 1 aromatic rings. The molecule has 0 bridgehead atoms. The summed E-state index contributed by atoms with van der Waals surface area (Å²) in [4.78, 5) is 26.2. The van der Waals surface area contributed by atoms with Crippen LogP contribution in [0.2, 0.25) is 10.0 Å². The highest BCUT2D eigenvalue weighted by Gasteiger charge is 2.48. The van der Waals surface area contributed by atoms with E-state index in [1.807, 2.05) is 13.0 Å². The number of fused-ring (bicyclic) bond motifs is 1. The minimum atomic E-state index is -0.246. The average Bonchev–Trinajstić information content (AvgIpc) is 2.60. The van der Waals surface area contributed by atoms with E-state index in [0.717, 1.165) is 0 Å². The maximum absolute atomic E-state index is 12.5. The molecule has 1 aliphatic carbocycles. The van der Waals surface area contributed by atoms with Crippen LogP contribution in [0.5, 0.6) is 0 Å². The third-order valence-electron chi connectivity index (χ3n) is 3.93. The van der Waals surface area contributed by atoms with Crippen molar-refractivity contribution in [1.29, 1.82) is 0 Å². The van der Waals surface area contributed by atoms with Gasteiger partial charge in [-0.05, 0) is 38.0 Å². The topological polar surface area (TPSA) is 37.4 Å². The van der Waals surface area contributed by atoms with Gasteiger partial charge < -0.3 is 0 Å². The number of halogens is 2. The van der Waals surface area contributed by atoms with Crippen LogP contribution in [-0.2, 0) is 9.59 Å². The van der Waals surface area contributed by atoms with Crippen molar-refractivity contribution < 1.29 is 9.59 Å². The Morgan fingerprint density at radius 3 is 2.30 bits per heavy atom. The van der Waals surface area contributed by atoms with Gasteiger partial charge in [-0.15, -0.1) is 0 Å². The van der Waals surface area contributed by atoms with Gasteiger partial charge in [-0.25, -0.2) is 4.90 Å². The van der Waals surface area contributed by atoms with Crippen LogP contribution in [0.25, 0.3) is 0 Å². The fraction of sp³-hybridized carbons (Fsp3) is 0.333. The SMILES string of the molecule is CC1=CC[C@H]2C(=O)N(c3cc(Cl)cc(Cl)c3)C(=O)[C@H]2C1. The van der Waals surface area contributed by atoms with Crippen molar-refractivity contribution in [3.8, 4) is 0 Å². The van der Waals surface area contributed by atoms with E-state index < -0.39 is 0 Å². The zero-order valence-corrected chi connectivity index (χ0v) is 12.4. The summed E-state index contributed by atoms with van der Waals surface area (Å²) in [6.45, 7) is 1.99. The van der Waals surface area contributed by atoms with Crippen molar-refractivity contribution in [2.45, 2.75) is 19.8 Å². The summed E-state index contributed by atoms with van der Waals surface area (Å²) in [7, 11) is 0. The molecule has 0 N–H and O–H groups in total. The third-order valence-corrected chi connectivity index (χ3v) is 4.36. The van der Waals surface area contributed by atoms with E-state index in [9.17, 15) is 9.59 Å². The van der Waals surface area contributed by atoms with Gasteiger partial charge >= 0.3 is 0 Å². The second kappa shape index (κ2) is 4.90. The van der Waals surface area contributed by atoms with E-state index >= 15 is 0 Å². The maximum Gasteiger partial charge on any atom is 0.238 e. The van der Waals surface area contributed by atoms with Crippen LogP contribution in [0, 0.1) is 11.8 Å². The Morgan fingerprint density at radius 1 is 1.05 bits per heavy atom. The molecule has 2 atom stereocenters. The van der Waals surface area contributed by atoms with Crippen molar-refractivity contribution in [2.75, 3.05) is 4.90 Å². The minimum absolute atomic E-state index is 0.147. The summed E-state index contributed by atoms with van der Waals surface area (Å²) in [5.41, 5.74) is 1.63. The zero-order chi connectivity index (χ0) is 14.4. The first-order valence-corrected chi connectivity index (χ1v) is 7.22. The largest absolute Gasteiger partial charge is 0.274 e. The lowest BCUT2D eigenvalue weighted by Crippen LogP contribution is -2.30. The van der Waals surface area contributed by atoms with E-state index in [4.69, 9.17) is 23.2 Å². The Balaban J connectivity index is 2.00. The van der Waals surface area contributed by atoms with Gasteiger partial charge in [0.25, 0.3) is 0 Å². The van der Waals surface area contributed by atoms with E-state index in [1.165, 1.54) is 10.5 Å². The van der Waals surface area contributed by atoms with E-state index in [-0.39, 0.29) is 23.7 Å². The summed E-state index contributed by atoms with van der Waals surface area (Å²) in [6, 6.07) is 4.78. The lowest BCUT2D eigenvalue weighted by atomic mass is 9.82. The van der Waals surface area contributed by atoms with Crippen LogP contribution in [0.1, 0.15) is 19.8 Å². The number of imide groups is 1. The Morgan fingerprint density at radius 2 is 1.65 bits per heavy atom. The van der Waals surface area contributed by atoms with Gasteiger partial charge in [0.1, 0.15) is 0 Å². The van der Waals surface area contributed by atoms with Crippen molar-refractivity contribution in [1.82, 2.24) is 0 Å². The number of anilines is 1. The molecule has 2 aliphatic rings. The number of benzene rings is 1. The Labute approximate surface area is 127 Å². The molecule has 0 aromatic heterocycles. The smallest absolute Gasteiger partial charge is 0.238 e. The molecule has 1 saturated heterocycles. The number of rotatable bonds is 1. The van der Waals surface area contributed by atoms with Crippen molar-refractivity contribution in [3.05, 3.63) is 39.9 Å². The molecule has 104 valence electrons. The minimum Gasteiger partial charge on any atom is -0.274 e. The first kappa shape index (κ1) is 13.7. The molecule has 3 rings (SSSR count). The lowest BCUT2D eigenvalue weighted by Gasteiger charge is -2.18. The number of allylic oxidation sites excluding steroid dienone is 2. The van der Waals surface area contributed by atoms with Crippen LogP contribution in [0.3, 0.4) is 0 Å². The van der Waals surface area contributed by atoms with Gasteiger partial charge in [-0.3, -0.25) is 9.59 Å². The van der Waals surface area contributed by atoms with Crippen molar-refractivity contribution in [3.63, 3.8) is 0 Å². The van der Waals surface area contributed by atoms with Crippen molar-refractivity contribution >= 4 is 40.7 Å². The Kier molecular flexibility index (Phi) is 3.35. The predicted octanol–water partition coefficient (Wildman–Crippen LogP) is 3.84. The van der Waals surface area contributed by atoms with Gasteiger partial charge in [0, 0.05) is 10.0 Å². The molecule has 5 heteroatoms. The van der Waals surface area contributed by atoms with Crippen LogP contribution in [-0.4, -0.2) is 11.8 Å². The summed E-state index contributed by atoms with van der Waals surface area (Å²) in [6.07, 6.45) is 3.33. The molecular weight excluding hydrogens is 297 g/mol. The van der Waals surface area contributed by atoms with Gasteiger partial charge in [0.05, 0.1) is 17.5 Å². The Hall–Kier alpha value is -1.32. The number of nitrogens with zero attached hydrogens (tertiary/aromatic N) is 1. The number of hydrogen-bond donors (Lipinski definition) is 0. The monoisotopic (exact) mass is 309 g/mol. The molecule has 1 heterocycles. The number of carbonyl (C=O) groups is 2. The van der Waals surface area contributed by atoms with E-state index in [2.05, 4.69) is 0 Å². The van der Waals surface area contributed by atoms with Crippen LogP contribution < -0.4 is 4.90 Å². The lowest BCUT2D eigenvalue weighted by molar-refractivity contribution is -0.122. The summed E-state index contributed by atoms with van der Waals surface area (Å²) in [5, 5.41) is 0.828. The molecule has 20 heavy (non-hydrogen) atoms. The molecule has 1 fully saturated rings. The molecule has 1 aromatic carbocycles. The zero-order valence-electron chi connectivity index (χ0n) is 10.9. The molecule has 2 amide bonds. The number of amides is 2. The van der Waals surface area contributed by atoms with Gasteiger partial charge in [0.15, 0.2) is 0 Å². The molecular formula is C15H13Cl2NO2. The molecule has 0 spiro atoms. The van der Waals surface area contributed by atoms with Crippen LogP contribution in [0.15, 0.2) is 29.8 Å². The first-order chi connectivity index (χ1) is 9.47. The van der Waals surface area contributed by atoms with Crippen molar-refractivity contribution in [2.24, 2.45) is 11.8 Å². The quantitative estimate of drug-likeness (QED) is 0.584. The van der Waals surface area contributed by atoms with E-state index in [0.29, 0.717) is 28.6 Å². The standard InChI is InChI=1S/C15H13Cl2NO2/c1-8-2-3-12-13(4-8)15(20)18(14(12)19)11-6-9(16)5-10(17)7-11/h2,5-7,12-13H,3-4H2,1H3/t12-,13+/m1/s1. The second-order valence-electron chi connectivity index (χ2n) is 5.34. The highest BCUT2D eigenvalue weighted by molar-refractivity contribution is 6.35. The third kappa shape index (κ3) is 2.15. The van der Waals surface area contributed by atoms with Crippen LogP contribution >= 0.6 is 23.2 Å². The number of carbonyl (C=O) groups excluding carboxylic acids is 2. The Bertz CT molecular complexity index is 619. The highest BCUT2D eigenvalue weighted by atomic mass is 35.5. The maximum atomic E-state index is 12.5. The molecule has 1 aliphatic heterocycles. The van der Waals surface area contributed by atoms with E-state index in [1.54, 1.807) is 18.2 Å². The molecule has 0 unspecified atom stereocenters. The normalized spacial score (nSPS) is 25.8. The predicted molar refractivity (Wildman–Crippen MR) is 78.9 cm³/mol. The molecule has 0 saturated carbocycles. The second-order valence-corrected chi connectivity index (χ2v) is 6.22. The number of hydrogen-bond acceptors (Lipinski definition) is 2.